The molecule has 1 aliphatic heterocycles. The third-order valence-electron chi connectivity index (χ3n) is 5.34. The van der Waals surface area contributed by atoms with E-state index in [0.717, 1.165) is 24.4 Å². The summed E-state index contributed by atoms with van der Waals surface area (Å²) in [4.78, 5) is 27.0. The lowest BCUT2D eigenvalue weighted by Crippen LogP contribution is -2.40. The van der Waals surface area contributed by atoms with Crippen LogP contribution in [0.4, 0.5) is 5.82 Å². The van der Waals surface area contributed by atoms with Crippen molar-refractivity contribution in [3.63, 3.8) is 0 Å². The van der Waals surface area contributed by atoms with E-state index in [2.05, 4.69) is 29.4 Å². The molecule has 2 aromatic rings. The fourth-order valence-electron chi connectivity index (χ4n) is 3.72. The van der Waals surface area contributed by atoms with Gasteiger partial charge < -0.3 is 10.2 Å². The lowest BCUT2D eigenvalue weighted by Gasteiger charge is -2.32. The smallest absolute Gasteiger partial charge is 0.272 e. The van der Waals surface area contributed by atoms with Crippen LogP contribution in [0.1, 0.15) is 75.1 Å². The summed E-state index contributed by atoms with van der Waals surface area (Å²) in [7, 11) is 1.82. The molecule has 0 radical (unpaired) electrons. The highest BCUT2D eigenvalue weighted by Crippen LogP contribution is 2.27. The van der Waals surface area contributed by atoms with Gasteiger partial charge in [-0.05, 0) is 30.7 Å². The number of nitrogens with one attached hydrogen (secondary N) is 1. The van der Waals surface area contributed by atoms with Crippen LogP contribution in [0.5, 0.6) is 0 Å². The number of hydrogen-bond acceptors (Lipinski definition) is 4. The van der Waals surface area contributed by atoms with Gasteiger partial charge in [0.15, 0.2) is 0 Å². The van der Waals surface area contributed by atoms with E-state index in [9.17, 15) is 9.59 Å². The Balaban J connectivity index is 1.62. The van der Waals surface area contributed by atoms with E-state index in [-0.39, 0.29) is 23.8 Å². The maximum atomic E-state index is 13.0. The molecule has 3 heterocycles. The van der Waals surface area contributed by atoms with Crippen LogP contribution in [0.2, 0.25) is 0 Å². The molecular weight excluding hydrogens is 368 g/mol. The average molecular weight is 401 g/mol. The first-order valence-corrected chi connectivity index (χ1v) is 10.4. The number of carbonyl (C=O) groups is 2. The van der Waals surface area contributed by atoms with Crippen LogP contribution < -0.4 is 5.32 Å². The highest BCUT2D eigenvalue weighted by atomic mass is 16.2. The number of rotatable bonds is 6. The SMILES string of the molecule is CC(C)CC(=O)Nc1ccnn1C1CCN(C(=O)c2cc(C(C)C)nn2C)CC1. The van der Waals surface area contributed by atoms with Gasteiger partial charge in [-0.25, -0.2) is 4.68 Å². The molecule has 8 heteroatoms. The fourth-order valence-corrected chi connectivity index (χ4v) is 3.72. The van der Waals surface area contributed by atoms with Crippen molar-refractivity contribution < 1.29 is 9.59 Å². The Morgan fingerprint density at radius 1 is 1.21 bits per heavy atom. The second-order valence-corrected chi connectivity index (χ2v) is 8.56. The summed E-state index contributed by atoms with van der Waals surface area (Å²) in [5.74, 6) is 1.36. The summed E-state index contributed by atoms with van der Waals surface area (Å²) in [6.45, 7) is 9.51. The number of carbonyl (C=O) groups excluding carboxylic acids is 2. The van der Waals surface area contributed by atoms with Crippen molar-refractivity contribution in [2.45, 2.75) is 58.9 Å². The van der Waals surface area contributed by atoms with Gasteiger partial charge in [-0.2, -0.15) is 10.2 Å². The second-order valence-electron chi connectivity index (χ2n) is 8.56. The van der Waals surface area contributed by atoms with E-state index in [0.29, 0.717) is 31.1 Å². The van der Waals surface area contributed by atoms with Crippen molar-refractivity contribution in [2.24, 2.45) is 13.0 Å². The molecule has 8 nitrogen and oxygen atoms in total. The van der Waals surface area contributed by atoms with Crippen LogP contribution in [0, 0.1) is 5.92 Å². The van der Waals surface area contributed by atoms with E-state index < -0.39 is 0 Å². The zero-order valence-corrected chi connectivity index (χ0v) is 18.1. The molecule has 29 heavy (non-hydrogen) atoms. The Labute approximate surface area is 172 Å². The molecular formula is C21H32N6O2. The summed E-state index contributed by atoms with van der Waals surface area (Å²) >= 11 is 0. The Bertz CT molecular complexity index is 858. The van der Waals surface area contributed by atoms with Crippen LogP contribution in [0.15, 0.2) is 18.3 Å². The molecule has 1 N–H and O–H groups in total. The monoisotopic (exact) mass is 400 g/mol. The molecule has 0 saturated carbocycles. The third-order valence-corrected chi connectivity index (χ3v) is 5.34. The Kier molecular flexibility index (Phi) is 6.39. The number of hydrogen-bond donors (Lipinski definition) is 1. The van der Waals surface area contributed by atoms with Gasteiger partial charge in [-0.3, -0.25) is 14.3 Å². The number of likely N-dealkylation sites (tertiary alicyclic amines) is 1. The van der Waals surface area contributed by atoms with E-state index in [1.54, 1.807) is 10.9 Å². The number of anilines is 1. The molecule has 1 saturated heterocycles. The molecule has 1 aliphatic rings. The van der Waals surface area contributed by atoms with Gasteiger partial charge >= 0.3 is 0 Å². The minimum atomic E-state index is 0.00604. The summed E-state index contributed by atoms with van der Waals surface area (Å²) in [5, 5.41) is 11.8. The summed E-state index contributed by atoms with van der Waals surface area (Å²) in [6, 6.07) is 3.90. The molecule has 0 bridgehead atoms. The van der Waals surface area contributed by atoms with Crippen LogP contribution in [-0.4, -0.2) is 49.4 Å². The first kappa shape index (κ1) is 21.1. The van der Waals surface area contributed by atoms with Gasteiger partial charge in [0.05, 0.1) is 17.9 Å². The molecule has 0 atom stereocenters. The van der Waals surface area contributed by atoms with E-state index >= 15 is 0 Å². The lowest BCUT2D eigenvalue weighted by atomic mass is 10.0. The topological polar surface area (TPSA) is 85.1 Å². The van der Waals surface area contributed by atoms with E-state index in [1.807, 2.05) is 42.6 Å². The number of piperidine rings is 1. The highest BCUT2D eigenvalue weighted by Gasteiger charge is 2.28. The third kappa shape index (κ3) is 4.86. The minimum absolute atomic E-state index is 0.00604. The highest BCUT2D eigenvalue weighted by molar-refractivity contribution is 5.93. The lowest BCUT2D eigenvalue weighted by molar-refractivity contribution is -0.116. The number of amides is 2. The molecule has 2 aromatic heterocycles. The van der Waals surface area contributed by atoms with E-state index in [1.165, 1.54) is 0 Å². The van der Waals surface area contributed by atoms with Crippen molar-refractivity contribution in [1.29, 1.82) is 0 Å². The van der Waals surface area contributed by atoms with Gasteiger partial charge in [-0.15, -0.1) is 0 Å². The zero-order chi connectivity index (χ0) is 21.1. The van der Waals surface area contributed by atoms with Crippen LogP contribution >= 0.6 is 0 Å². The predicted molar refractivity (Wildman–Crippen MR) is 112 cm³/mol. The summed E-state index contributed by atoms with van der Waals surface area (Å²) in [5.41, 5.74) is 1.57. The first-order chi connectivity index (χ1) is 13.8. The average Bonchev–Trinajstić information content (AvgIpc) is 3.27. The van der Waals surface area contributed by atoms with Crippen LogP contribution in [0.3, 0.4) is 0 Å². The Hall–Kier alpha value is -2.64. The molecule has 0 aromatic carbocycles. The van der Waals surface area contributed by atoms with Gasteiger partial charge in [0.25, 0.3) is 5.91 Å². The maximum absolute atomic E-state index is 13.0. The summed E-state index contributed by atoms with van der Waals surface area (Å²) in [6.07, 6.45) is 3.80. The number of aromatic nitrogens is 4. The van der Waals surface area contributed by atoms with Crippen LogP contribution in [-0.2, 0) is 11.8 Å². The summed E-state index contributed by atoms with van der Waals surface area (Å²) < 4.78 is 3.57. The second kappa shape index (κ2) is 8.80. The van der Waals surface area contributed by atoms with Gasteiger partial charge in [0, 0.05) is 32.6 Å². The molecule has 0 unspecified atom stereocenters. The quantitative estimate of drug-likeness (QED) is 0.807. The Morgan fingerprint density at radius 3 is 2.48 bits per heavy atom. The largest absolute Gasteiger partial charge is 0.337 e. The van der Waals surface area contributed by atoms with Crippen molar-refractivity contribution in [3.8, 4) is 0 Å². The fraction of sp³-hybridized carbons (Fsp3) is 0.619. The Morgan fingerprint density at radius 2 is 1.90 bits per heavy atom. The van der Waals surface area contributed by atoms with Crippen molar-refractivity contribution >= 4 is 17.6 Å². The predicted octanol–water partition coefficient (Wildman–Crippen LogP) is 3.20. The molecule has 3 rings (SSSR count). The number of aryl methyl sites for hydroxylation is 1. The van der Waals surface area contributed by atoms with Crippen molar-refractivity contribution in [3.05, 3.63) is 29.7 Å². The maximum Gasteiger partial charge on any atom is 0.272 e. The molecule has 2 amide bonds. The van der Waals surface area contributed by atoms with Crippen molar-refractivity contribution in [1.82, 2.24) is 24.5 Å². The van der Waals surface area contributed by atoms with Gasteiger partial charge in [0.2, 0.25) is 5.91 Å². The minimum Gasteiger partial charge on any atom is -0.337 e. The van der Waals surface area contributed by atoms with E-state index in [4.69, 9.17) is 0 Å². The molecule has 1 fully saturated rings. The first-order valence-electron chi connectivity index (χ1n) is 10.4. The van der Waals surface area contributed by atoms with Gasteiger partial charge in [0.1, 0.15) is 11.5 Å². The van der Waals surface area contributed by atoms with Crippen LogP contribution in [0.25, 0.3) is 0 Å². The van der Waals surface area contributed by atoms with Crippen molar-refractivity contribution in [2.75, 3.05) is 18.4 Å². The number of nitrogens with zero attached hydrogens (tertiary/aromatic N) is 5. The molecule has 158 valence electrons. The molecule has 0 aliphatic carbocycles. The normalized spacial score (nSPS) is 15.3. The van der Waals surface area contributed by atoms with Gasteiger partial charge in [-0.1, -0.05) is 27.7 Å². The standard InChI is InChI=1S/C21H32N6O2/c1-14(2)12-20(28)23-19-6-9-22-27(19)16-7-10-26(11-8-16)21(29)18-13-17(15(3)4)24-25(18)5/h6,9,13-16H,7-8,10-12H2,1-5H3,(H,23,28). The molecule has 0 spiro atoms. The zero-order valence-electron chi connectivity index (χ0n) is 18.1.